The van der Waals surface area contributed by atoms with Gasteiger partial charge in [0.15, 0.2) is 0 Å². The van der Waals surface area contributed by atoms with Gasteiger partial charge in [-0.2, -0.15) is 0 Å². The van der Waals surface area contributed by atoms with Crippen molar-refractivity contribution in [1.82, 2.24) is 0 Å². The Labute approximate surface area is 108 Å². The Morgan fingerprint density at radius 1 is 1.53 bits per heavy atom. The minimum atomic E-state index is -3.52. The number of nitrogens with zero attached hydrogens (tertiary/aromatic N) is 1. The van der Waals surface area contributed by atoms with E-state index in [1.54, 1.807) is 0 Å². The van der Waals surface area contributed by atoms with Gasteiger partial charge in [-0.1, -0.05) is 6.07 Å². The molecule has 0 aromatic heterocycles. The first-order chi connectivity index (χ1) is 8.82. The van der Waals surface area contributed by atoms with Crippen LogP contribution in [0.3, 0.4) is 0 Å². The van der Waals surface area contributed by atoms with Gasteiger partial charge in [-0.3, -0.25) is 10.1 Å². The summed E-state index contributed by atoms with van der Waals surface area (Å²) >= 11 is 0. The molecule has 0 radical (unpaired) electrons. The fourth-order valence-electron chi connectivity index (χ4n) is 2.52. The summed E-state index contributed by atoms with van der Waals surface area (Å²) in [6, 6.07) is 3.83. The van der Waals surface area contributed by atoms with Gasteiger partial charge < -0.3 is 10.8 Å². The zero-order chi connectivity index (χ0) is 14.3. The summed E-state index contributed by atoms with van der Waals surface area (Å²) in [5, 5.41) is 19.6. The number of alkyl halides is 2. The van der Waals surface area contributed by atoms with Crippen LogP contribution in [0, 0.1) is 10.1 Å². The predicted molar refractivity (Wildman–Crippen MR) is 63.9 cm³/mol. The molecule has 1 aromatic carbocycles. The van der Waals surface area contributed by atoms with Crippen molar-refractivity contribution in [2.75, 3.05) is 6.61 Å². The number of fused-ring (bicyclic) bond motifs is 1. The molecule has 1 aliphatic rings. The van der Waals surface area contributed by atoms with Crippen LogP contribution in [0.1, 0.15) is 24.0 Å². The molecule has 0 unspecified atom stereocenters. The molecule has 1 aromatic rings. The molecule has 0 saturated heterocycles. The van der Waals surface area contributed by atoms with E-state index < -0.39 is 23.0 Å². The fraction of sp³-hybridized carbons (Fsp3) is 0.500. The van der Waals surface area contributed by atoms with Crippen LogP contribution in [-0.2, 0) is 12.0 Å². The SMILES string of the molecule is N[C@]1(C(F)(F)CO)CCCc2ccc([N+](=O)[O-])cc21. The molecule has 1 atom stereocenters. The number of hydrogen-bond acceptors (Lipinski definition) is 4. The minimum absolute atomic E-state index is 0.0191. The van der Waals surface area contributed by atoms with Crippen molar-refractivity contribution in [3.05, 3.63) is 39.4 Å². The van der Waals surface area contributed by atoms with Crippen molar-refractivity contribution in [1.29, 1.82) is 0 Å². The summed E-state index contributed by atoms with van der Waals surface area (Å²) in [5.41, 5.74) is 4.11. The lowest BCUT2D eigenvalue weighted by atomic mass is 9.73. The summed E-state index contributed by atoms with van der Waals surface area (Å²) in [5.74, 6) is -3.52. The van der Waals surface area contributed by atoms with Gasteiger partial charge in [0, 0.05) is 12.1 Å². The second-order valence-electron chi connectivity index (χ2n) is 4.79. The number of halogens is 2. The molecule has 0 spiro atoms. The molecule has 0 bridgehead atoms. The van der Waals surface area contributed by atoms with Gasteiger partial charge in [0.05, 0.1) is 4.92 Å². The highest BCUT2D eigenvalue weighted by atomic mass is 19.3. The van der Waals surface area contributed by atoms with E-state index in [-0.39, 0.29) is 17.7 Å². The quantitative estimate of drug-likeness (QED) is 0.647. The Morgan fingerprint density at radius 3 is 2.79 bits per heavy atom. The lowest BCUT2D eigenvalue weighted by Gasteiger charge is -2.40. The number of nitro benzene ring substituents is 1. The molecule has 104 valence electrons. The number of aliphatic hydroxyl groups is 1. The van der Waals surface area contributed by atoms with E-state index in [1.165, 1.54) is 12.1 Å². The number of aryl methyl sites for hydroxylation is 1. The third kappa shape index (κ3) is 2.08. The molecule has 7 heteroatoms. The van der Waals surface area contributed by atoms with Gasteiger partial charge in [-0.05, 0) is 30.4 Å². The molecular formula is C12H14F2N2O3. The molecule has 0 saturated carbocycles. The Kier molecular flexibility index (Phi) is 3.27. The van der Waals surface area contributed by atoms with Crippen LogP contribution in [0.25, 0.3) is 0 Å². The predicted octanol–water partition coefficient (Wildman–Crippen LogP) is 1.71. The highest BCUT2D eigenvalue weighted by Crippen LogP contribution is 2.44. The highest BCUT2D eigenvalue weighted by Gasteiger charge is 2.53. The third-order valence-corrected chi connectivity index (χ3v) is 3.65. The standard InChI is InChI=1S/C12H14F2N2O3/c13-12(14,7-17)11(15)5-1-2-8-3-4-9(16(18)19)6-10(8)11/h3-4,6,17H,1-2,5,7,15H2/t11-/m1/s1. The largest absolute Gasteiger partial charge is 0.390 e. The van der Waals surface area contributed by atoms with Crippen LogP contribution in [0.5, 0.6) is 0 Å². The number of hydrogen-bond donors (Lipinski definition) is 2. The number of rotatable bonds is 3. The average Bonchev–Trinajstić information content (AvgIpc) is 2.38. The normalized spacial score (nSPS) is 22.9. The number of nitrogens with two attached hydrogens (primary N) is 1. The van der Waals surface area contributed by atoms with E-state index >= 15 is 0 Å². The Hall–Kier alpha value is -1.60. The first kappa shape index (κ1) is 13.8. The second-order valence-corrected chi connectivity index (χ2v) is 4.79. The van der Waals surface area contributed by atoms with Gasteiger partial charge in [0.1, 0.15) is 12.1 Å². The van der Waals surface area contributed by atoms with Gasteiger partial charge in [0.2, 0.25) is 0 Å². The Bertz CT molecular complexity index is 522. The van der Waals surface area contributed by atoms with E-state index in [0.29, 0.717) is 18.4 Å². The Morgan fingerprint density at radius 2 is 2.21 bits per heavy atom. The Balaban J connectivity index is 2.59. The molecule has 5 nitrogen and oxygen atoms in total. The van der Waals surface area contributed by atoms with E-state index in [2.05, 4.69) is 0 Å². The van der Waals surface area contributed by atoms with Gasteiger partial charge >= 0.3 is 0 Å². The molecule has 3 N–H and O–H groups in total. The van der Waals surface area contributed by atoms with Crippen LogP contribution in [0.4, 0.5) is 14.5 Å². The molecule has 0 fully saturated rings. The minimum Gasteiger partial charge on any atom is -0.390 e. The molecule has 19 heavy (non-hydrogen) atoms. The average molecular weight is 272 g/mol. The molecule has 1 aliphatic carbocycles. The van der Waals surface area contributed by atoms with E-state index in [9.17, 15) is 18.9 Å². The van der Waals surface area contributed by atoms with E-state index in [4.69, 9.17) is 10.8 Å². The maximum Gasteiger partial charge on any atom is 0.292 e. The topological polar surface area (TPSA) is 89.4 Å². The summed E-state index contributed by atoms with van der Waals surface area (Å²) in [6.45, 7) is -1.38. The molecule has 0 amide bonds. The number of non-ortho nitro benzene ring substituents is 1. The van der Waals surface area contributed by atoms with E-state index in [1.807, 2.05) is 0 Å². The lowest BCUT2D eigenvalue weighted by Crippen LogP contribution is -2.56. The van der Waals surface area contributed by atoms with Crippen molar-refractivity contribution in [3.63, 3.8) is 0 Å². The van der Waals surface area contributed by atoms with Gasteiger partial charge in [-0.15, -0.1) is 0 Å². The molecule has 0 aliphatic heterocycles. The van der Waals surface area contributed by atoms with Crippen LogP contribution in [0.2, 0.25) is 0 Å². The summed E-state index contributed by atoms with van der Waals surface area (Å²) in [7, 11) is 0. The maximum atomic E-state index is 13.9. The van der Waals surface area contributed by atoms with Crippen LogP contribution < -0.4 is 5.73 Å². The first-order valence-corrected chi connectivity index (χ1v) is 5.87. The first-order valence-electron chi connectivity index (χ1n) is 5.87. The molecule has 2 rings (SSSR count). The number of aliphatic hydroxyl groups excluding tert-OH is 1. The molecular weight excluding hydrogens is 258 g/mol. The summed E-state index contributed by atoms with van der Waals surface area (Å²) in [4.78, 5) is 10.1. The summed E-state index contributed by atoms with van der Waals surface area (Å²) in [6.07, 6.45) is 0.986. The fourth-order valence-corrected chi connectivity index (χ4v) is 2.52. The zero-order valence-electron chi connectivity index (χ0n) is 10.1. The monoisotopic (exact) mass is 272 g/mol. The summed E-state index contributed by atoms with van der Waals surface area (Å²) < 4.78 is 27.8. The highest BCUT2D eigenvalue weighted by molar-refractivity contribution is 5.46. The van der Waals surface area contributed by atoms with E-state index in [0.717, 1.165) is 6.07 Å². The second kappa shape index (κ2) is 4.50. The lowest BCUT2D eigenvalue weighted by molar-refractivity contribution is -0.385. The van der Waals surface area contributed by atoms with Gasteiger partial charge in [0.25, 0.3) is 11.6 Å². The van der Waals surface area contributed by atoms with Crippen molar-refractivity contribution < 1.29 is 18.8 Å². The van der Waals surface area contributed by atoms with Gasteiger partial charge in [-0.25, -0.2) is 8.78 Å². The van der Waals surface area contributed by atoms with Crippen LogP contribution in [-0.4, -0.2) is 22.6 Å². The maximum absolute atomic E-state index is 13.9. The van der Waals surface area contributed by atoms with Crippen LogP contribution >= 0.6 is 0 Å². The third-order valence-electron chi connectivity index (χ3n) is 3.65. The zero-order valence-corrected chi connectivity index (χ0v) is 10.1. The smallest absolute Gasteiger partial charge is 0.292 e. The van der Waals surface area contributed by atoms with Crippen molar-refractivity contribution in [2.24, 2.45) is 5.73 Å². The molecule has 0 heterocycles. The number of nitro groups is 1. The van der Waals surface area contributed by atoms with Crippen molar-refractivity contribution in [3.8, 4) is 0 Å². The van der Waals surface area contributed by atoms with Crippen molar-refractivity contribution in [2.45, 2.75) is 30.7 Å². The number of benzene rings is 1. The van der Waals surface area contributed by atoms with Crippen molar-refractivity contribution >= 4 is 5.69 Å². The van der Waals surface area contributed by atoms with Crippen LogP contribution in [0.15, 0.2) is 18.2 Å².